The molecule has 2 atom stereocenters. The van der Waals surface area contributed by atoms with E-state index in [1.54, 1.807) is 5.38 Å². The highest BCUT2D eigenvalue weighted by molar-refractivity contribution is 7.13. The number of carbonyl (C=O) groups is 1. The highest BCUT2D eigenvalue weighted by Crippen LogP contribution is 2.27. The lowest BCUT2D eigenvalue weighted by molar-refractivity contribution is -0.0826. The first kappa shape index (κ1) is 15.7. The number of morpholine rings is 1. The summed E-state index contributed by atoms with van der Waals surface area (Å²) in [5, 5.41) is 2.66. The van der Waals surface area contributed by atoms with Crippen LogP contribution >= 0.6 is 11.3 Å². The molecular weight excluding hydrogens is 300 g/mol. The zero-order valence-corrected chi connectivity index (χ0v) is 14.0. The molecule has 0 bridgehead atoms. The first-order chi connectivity index (χ1) is 10.5. The Kier molecular flexibility index (Phi) is 4.65. The predicted molar refractivity (Wildman–Crippen MR) is 87.4 cm³/mol. The predicted octanol–water partition coefficient (Wildman–Crippen LogP) is 1.32. The Labute approximate surface area is 135 Å². The van der Waals surface area contributed by atoms with Gasteiger partial charge in [-0.05, 0) is 26.7 Å². The van der Waals surface area contributed by atoms with Crippen molar-refractivity contribution in [3.8, 4) is 0 Å². The monoisotopic (exact) mass is 324 g/mol. The van der Waals surface area contributed by atoms with E-state index in [1.807, 2.05) is 0 Å². The molecule has 0 aromatic carbocycles. The summed E-state index contributed by atoms with van der Waals surface area (Å²) < 4.78 is 5.82. The van der Waals surface area contributed by atoms with Gasteiger partial charge in [0.2, 0.25) is 0 Å². The average Bonchev–Trinajstić information content (AvgIpc) is 2.96. The number of aromatic nitrogens is 1. The van der Waals surface area contributed by atoms with Gasteiger partial charge in [-0.1, -0.05) is 0 Å². The van der Waals surface area contributed by atoms with Crippen molar-refractivity contribution in [3.63, 3.8) is 0 Å². The summed E-state index contributed by atoms with van der Waals surface area (Å²) in [4.78, 5) is 20.3. The molecule has 2 aliphatic heterocycles. The lowest BCUT2D eigenvalue weighted by Crippen LogP contribution is -2.53. The second kappa shape index (κ2) is 6.52. The summed E-state index contributed by atoms with van der Waals surface area (Å²) in [6.07, 6.45) is 2.90. The minimum absolute atomic E-state index is 0.318. The van der Waals surface area contributed by atoms with Crippen LogP contribution in [0, 0.1) is 0 Å². The standard InChI is InChI=1S/C15H24N4O2S/c1-10-7-19(8-11(2)21-10)12-3-5-18(6-4-12)15-17-13(9-22-15)14(16)20/h9-12H,3-8H2,1-2H3,(H2,16,20)/t10-,11+. The van der Waals surface area contributed by atoms with Gasteiger partial charge in [0, 0.05) is 37.6 Å². The van der Waals surface area contributed by atoms with Crippen LogP contribution in [0.1, 0.15) is 37.2 Å². The molecule has 0 saturated carbocycles. The Morgan fingerprint density at radius 3 is 2.50 bits per heavy atom. The zero-order chi connectivity index (χ0) is 15.7. The number of thiazole rings is 1. The number of nitrogens with two attached hydrogens (primary N) is 1. The molecule has 7 heteroatoms. The molecule has 1 aromatic heterocycles. The number of rotatable bonds is 3. The van der Waals surface area contributed by atoms with Crippen molar-refractivity contribution in [1.29, 1.82) is 0 Å². The molecule has 2 N–H and O–H groups in total. The van der Waals surface area contributed by atoms with Crippen molar-refractivity contribution in [1.82, 2.24) is 9.88 Å². The molecule has 6 nitrogen and oxygen atoms in total. The number of primary amides is 1. The van der Waals surface area contributed by atoms with E-state index in [2.05, 4.69) is 28.6 Å². The number of hydrogen-bond acceptors (Lipinski definition) is 6. The third kappa shape index (κ3) is 3.42. The fourth-order valence-electron chi connectivity index (χ4n) is 3.46. The van der Waals surface area contributed by atoms with Crippen molar-refractivity contribution in [2.75, 3.05) is 31.1 Å². The van der Waals surface area contributed by atoms with Crippen LogP contribution in [0.15, 0.2) is 5.38 Å². The quantitative estimate of drug-likeness (QED) is 0.908. The van der Waals surface area contributed by atoms with Crippen LogP contribution < -0.4 is 10.6 Å². The SMILES string of the molecule is C[C@@H]1CN(C2CCN(c3nc(C(N)=O)cs3)CC2)C[C@H](C)O1. The molecule has 2 saturated heterocycles. The van der Waals surface area contributed by atoms with E-state index in [9.17, 15) is 4.79 Å². The maximum Gasteiger partial charge on any atom is 0.268 e. The second-order valence-corrected chi connectivity index (χ2v) is 7.15. The smallest absolute Gasteiger partial charge is 0.268 e. The maximum atomic E-state index is 11.1. The van der Waals surface area contributed by atoms with Gasteiger partial charge < -0.3 is 15.4 Å². The fourth-order valence-corrected chi connectivity index (χ4v) is 4.33. The molecule has 122 valence electrons. The van der Waals surface area contributed by atoms with E-state index in [0.717, 1.165) is 44.2 Å². The Bertz CT molecular complexity index is 517. The maximum absolute atomic E-state index is 11.1. The van der Waals surface area contributed by atoms with E-state index in [0.29, 0.717) is 23.9 Å². The van der Waals surface area contributed by atoms with Gasteiger partial charge in [0.15, 0.2) is 5.13 Å². The molecule has 0 aliphatic carbocycles. The highest BCUT2D eigenvalue weighted by atomic mass is 32.1. The van der Waals surface area contributed by atoms with Gasteiger partial charge in [-0.25, -0.2) is 4.98 Å². The van der Waals surface area contributed by atoms with E-state index in [-0.39, 0.29) is 0 Å². The van der Waals surface area contributed by atoms with Crippen molar-refractivity contribution in [3.05, 3.63) is 11.1 Å². The van der Waals surface area contributed by atoms with E-state index >= 15 is 0 Å². The van der Waals surface area contributed by atoms with E-state index in [4.69, 9.17) is 10.5 Å². The molecule has 0 spiro atoms. The number of anilines is 1. The summed E-state index contributed by atoms with van der Waals surface area (Å²) in [5.41, 5.74) is 5.64. The average molecular weight is 324 g/mol. The topological polar surface area (TPSA) is 71.7 Å². The van der Waals surface area contributed by atoms with E-state index in [1.165, 1.54) is 11.3 Å². The third-order valence-corrected chi connectivity index (χ3v) is 5.35. The van der Waals surface area contributed by atoms with Crippen LogP contribution in [0.4, 0.5) is 5.13 Å². The first-order valence-corrected chi connectivity index (χ1v) is 8.80. The molecule has 3 heterocycles. The molecule has 2 fully saturated rings. The fraction of sp³-hybridized carbons (Fsp3) is 0.733. The Hall–Kier alpha value is -1.18. The molecule has 1 amide bonds. The number of piperidine rings is 1. The zero-order valence-electron chi connectivity index (χ0n) is 13.2. The molecule has 2 aliphatic rings. The van der Waals surface area contributed by atoms with Crippen LogP contribution in [-0.2, 0) is 4.74 Å². The van der Waals surface area contributed by atoms with Gasteiger partial charge in [-0.2, -0.15) is 0 Å². The number of nitrogens with zero attached hydrogens (tertiary/aromatic N) is 3. The first-order valence-electron chi connectivity index (χ1n) is 7.92. The largest absolute Gasteiger partial charge is 0.373 e. The normalized spacial score (nSPS) is 28.0. The van der Waals surface area contributed by atoms with Gasteiger partial charge >= 0.3 is 0 Å². The van der Waals surface area contributed by atoms with Gasteiger partial charge in [0.1, 0.15) is 5.69 Å². The van der Waals surface area contributed by atoms with Crippen molar-refractivity contribution in [2.45, 2.75) is 44.9 Å². The summed E-state index contributed by atoms with van der Waals surface area (Å²) >= 11 is 1.50. The second-order valence-electron chi connectivity index (χ2n) is 6.31. The molecule has 0 radical (unpaired) electrons. The van der Waals surface area contributed by atoms with Crippen LogP contribution in [0.3, 0.4) is 0 Å². The minimum Gasteiger partial charge on any atom is -0.373 e. The van der Waals surface area contributed by atoms with Gasteiger partial charge in [0.25, 0.3) is 5.91 Å². The molecular formula is C15H24N4O2S. The van der Waals surface area contributed by atoms with Crippen molar-refractivity contribution in [2.24, 2.45) is 5.73 Å². The van der Waals surface area contributed by atoms with Crippen LogP contribution in [0.2, 0.25) is 0 Å². The Morgan fingerprint density at radius 2 is 1.95 bits per heavy atom. The van der Waals surface area contributed by atoms with Gasteiger partial charge in [-0.3, -0.25) is 9.69 Å². The number of hydrogen-bond donors (Lipinski definition) is 1. The molecule has 3 rings (SSSR count). The van der Waals surface area contributed by atoms with E-state index < -0.39 is 5.91 Å². The van der Waals surface area contributed by atoms with Gasteiger partial charge in [0.05, 0.1) is 12.2 Å². The number of carbonyl (C=O) groups excluding carboxylic acids is 1. The Morgan fingerprint density at radius 1 is 1.32 bits per heavy atom. The Balaban J connectivity index is 1.56. The summed E-state index contributed by atoms with van der Waals surface area (Å²) in [6.45, 7) is 8.32. The number of amides is 1. The lowest BCUT2D eigenvalue weighted by Gasteiger charge is -2.43. The summed E-state index contributed by atoms with van der Waals surface area (Å²) in [6, 6.07) is 0.626. The number of ether oxygens (including phenoxy) is 1. The lowest BCUT2D eigenvalue weighted by atomic mass is 10.0. The molecule has 0 unspecified atom stereocenters. The third-order valence-electron chi connectivity index (χ3n) is 4.44. The van der Waals surface area contributed by atoms with Crippen LogP contribution in [0.25, 0.3) is 0 Å². The van der Waals surface area contributed by atoms with Gasteiger partial charge in [-0.15, -0.1) is 11.3 Å². The van der Waals surface area contributed by atoms with Crippen molar-refractivity contribution >= 4 is 22.4 Å². The minimum atomic E-state index is -0.450. The highest BCUT2D eigenvalue weighted by Gasteiger charge is 2.31. The summed E-state index contributed by atoms with van der Waals surface area (Å²) in [7, 11) is 0. The molecule has 1 aromatic rings. The summed E-state index contributed by atoms with van der Waals surface area (Å²) in [5.74, 6) is -0.450. The van der Waals surface area contributed by atoms with Crippen LogP contribution in [-0.4, -0.2) is 60.2 Å². The molecule has 22 heavy (non-hydrogen) atoms. The van der Waals surface area contributed by atoms with Crippen molar-refractivity contribution < 1.29 is 9.53 Å². The van der Waals surface area contributed by atoms with Crippen LogP contribution in [0.5, 0.6) is 0 Å².